The van der Waals surface area contributed by atoms with Crippen LogP contribution in [0.15, 0.2) is 4.99 Å². The fourth-order valence-electron chi connectivity index (χ4n) is 2.21. The molecule has 1 aliphatic heterocycles. The largest absolute Gasteiger partial charge is 0.390 e. The highest BCUT2D eigenvalue weighted by Crippen LogP contribution is 2.18. The van der Waals surface area contributed by atoms with Crippen molar-refractivity contribution in [3.63, 3.8) is 0 Å². The number of hydrogen-bond acceptors (Lipinski definition) is 3. The molecule has 1 aliphatic rings. The summed E-state index contributed by atoms with van der Waals surface area (Å²) in [7, 11) is 1.52. The van der Waals surface area contributed by atoms with E-state index in [0.29, 0.717) is 12.5 Å². The van der Waals surface area contributed by atoms with Crippen LogP contribution in [0.2, 0.25) is 0 Å². The van der Waals surface area contributed by atoms with Gasteiger partial charge in [-0.25, -0.2) is 0 Å². The predicted octanol–water partition coefficient (Wildman–Crippen LogP) is 1.85. The monoisotopic (exact) mass is 432 g/mol. The smallest absolute Gasteiger partial charge is 0.356 e. The zero-order valence-electron chi connectivity index (χ0n) is 12.3. The number of guanidine groups is 1. The fourth-order valence-corrected chi connectivity index (χ4v) is 2.21. The molecule has 0 spiro atoms. The molecule has 0 aliphatic carbocycles. The maximum absolute atomic E-state index is 12.1. The predicted molar refractivity (Wildman–Crippen MR) is 87.2 cm³/mol. The van der Waals surface area contributed by atoms with Crippen molar-refractivity contribution in [1.82, 2.24) is 25.4 Å². The number of alkyl halides is 3. The molecule has 6 nitrogen and oxygen atoms in total. The van der Waals surface area contributed by atoms with Gasteiger partial charge < -0.3 is 15.2 Å². The van der Waals surface area contributed by atoms with Gasteiger partial charge in [0.2, 0.25) is 0 Å². The molecular formula is C12H20F3IN6. The number of aromatic nitrogens is 3. The molecule has 1 aromatic rings. The number of hydrogen-bond donors (Lipinski definition) is 2. The number of aryl methyl sites for hydroxylation is 1. The maximum atomic E-state index is 12.1. The van der Waals surface area contributed by atoms with Gasteiger partial charge in [-0.1, -0.05) is 0 Å². The molecule has 0 saturated carbocycles. The van der Waals surface area contributed by atoms with Crippen molar-refractivity contribution in [3.8, 4) is 0 Å². The van der Waals surface area contributed by atoms with Gasteiger partial charge in [0.05, 0.1) is 13.0 Å². The Balaban J connectivity index is 0.00000242. The summed E-state index contributed by atoms with van der Waals surface area (Å²) < 4.78 is 38.3. The first-order valence-electron chi connectivity index (χ1n) is 6.92. The molecule has 2 N–H and O–H groups in total. The van der Waals surface area contributed by atoms with Gasteiger partial charge in [0.15, 0.2) is 11.8 Å². The number of fused-ring (bicyclic) bond motifs is 1. The van der Waals surface area contributed by atoms with Crippen molar-refractivity contribution >= 4 is 29.9 Å². The van der Waals surface area contributed by atoms with E-state index in [9.17, 15) is 13.2 Å². The van der Waals surface area contributed by atoms with Gasteiger partial charge in [-0.05, 0) is 12.8 Å². The summed E-state index contributed by atoms with van der Waals surface area (Å²) >= 11 is 0. The molecule has 0 aromatic carbocycles. The van der Waals surface area contributed by atoms with Crippen LogP contribution in [0.4, 0.5) is 13.2 Å². The fraction of sp³-hybridized carbons (Fsp3) is 0.750. The van der Waals surface area contributed by atoms with Crippen molar-refractivity contribution in [1.29, 1.82) is 0 Å². The Morgan fingerprint density at radius 1 is 1.27 bits per heavy atom. The van der Waals surface area contributed by atoms with Gasteiger partial charge in [-0.3, -0.25) is 4.99 Å². The zero-order chi connectivity index (χ0) is 15.3. The van der Waals surface area contributed by atoms with Crippen molar-refractivity contribution in [2.24, 2.45) is 4.99 Å². The van der Waals surface area contributed by atoms with E-state index in [2.05, 4.69) is 30.4 Å². The lowest BCUT2D eigenvalue weighted by atomic mass is 10.2. The highest BCUT2D eigenvalue weighted by molar-refractivity contribution is 14.0. The third kappa shape index (κ3) is 5.61. The van der Waals surface area contributed by atoms with Gasteiger partial charge >= 0.3 is 6.18 Å². The minimum Gasteiger partial charge on any atom is -0.356 e. The van der Waals surface area contributed by atoms with Crippen LogP contribution in [0.5, 0.6) is 0 Å². The summed E-state index contributed by atoms with van der Waals surface area (Å²) in [4.78, 5) is 3.89. The third-order valence-electron chi connectivity index (χ3n) is 3.27. The molecule has 0 amide bonds. The van der Waals surface area contributed by atoms with Crippen LogP contribution in [0.25, 0.3) is 0 Å². The molecule has 22 heavy (non-hydrogen) atoms. The van der Waals surface area contributed by atoms with E-state index in [0.717, 1.165) is 37.5 Å². The number of halogens is 4. The Morgan fingerprint density at radius 2 is 2.05 bits per heavy atom. The Morgan fingerprint density at radius 3 is 2.73 bits per heavy atom. The van der Waals surface area contributed by atoms with E-state index in [1.54, 1.807) is 0 Å². The normalized spacial score (nSPS) is 15.0. The summed E-state index contributed by atoms with van der Waals surface area (Å²) in [5.74, 6) is 2.08. The van der Waals surface area contributed by atoms with Gasteiger partial charge in [0.25, 0.3) is 0 Å². The minimum atomic E-state index is -4.17. The van der Waals surface area contributed by atoms with Crippen LogP contribution in [-0.2, 0) is 19.5 Å². The van der Waals surface area contributed by atoms with Gasteiger partial charge in [-0.15, -0.1) is 34.2 Å². The number of nitrogens with one attached hydrogen (secondary N) is 2. The molecule has 2 heterocycles. The first kappa shape index (κ1) is 19.0. The Bertz CT molecular complexity index is 500. The highest BCUT2D eigenvalue weighted by Gasteiger charge is 2.26. The Kier molecular flexibility index (Phi) is 7.36. The molecule has 0 bridgehead atoms. The summed E-state index contributed by atoms with van der Waals surface area (Å²) in [6, 6.07) is 0. The first-order chi connectivity index (χ1) is 9.99. The molecule has 2 rings (SSSR count). The molecule has 126 valence electrons. The van der Waals surface area contributed by atoms with E-state index in [1.165, 1.54) is 7.05 Å². The average Bonchev–Trinajstić information content (AvgIpc) is 2.85. The van der Waals surface area contributed by atoms with Crippen molar-refractivity contribution in [2.45, 2.75) is 44.9 Å². The van der Waals surface area contributed by atoms with Crippen LogP contribution < -0.4 is 10.6 Å². The zero-order valence-corrected chi connectivity index (χ0v) is 14.6. The van der Waals surface area contributed by atoms with Crippen molar-refractivity contribution < 1.29 is 13.2 Å². The highest BCUT2D eigenvalue weighted by atomic mass is 127. The molecule has 0 atom stereocenters. The second-order valence-electron chi connectivity index (χ2n) is 4.86. The van der Waals surface area contributed by atoms with Crippen LogP contribution >= 0.6 is 24.0 Å². The quantitative estimate of drug-likeness (QED) is 0.433. The lowest BCUT2D eigenvalue weighted by molar-refractivity contribution is -0.132. The summed E-state index contributed by atoms with van der Waals surface area (Å²) in [6.45, 7) is 1.07. The Labute approximate surface area is 144 Å². The first-order valence-corrected chi connectivity index (χ1v) is 6.92. The van der Waals surface area contributed by atoms with Gasteiger partial charge in [0.1, 0.15) is 5.82 Å². The molecular weight excluding hydrogens is 412 g/mol. The second-order valence-corrected chi connectivity index (χ2v) is 4.86. The van der Waals surface area contributed by atoms with Crippen LogP contribution in [0, 0.1) is 0 Å². The molecule has 0 fully saturated rings. The topological polar surface area (TPSA) is 67.1 Å². The van der Waals surface area contributed by atoms with Gasteiger partial charge in [-0.2, -0.15) is 13.2 Å². The third-order valence-corrected chi connectivity index (χ3v) is 3.27. The number of aliphatic imine (C=N–C) groups is 1. The molecule has 1 aromatic heterocycles. The lowest BCUT2D eigenvalue weighted by Gasteiger charge is -2.16. The molecule has 10 heteroatoms. The average molecular weight is 432 g/mol. The van der Waals surface area contributed by atoms with E-state index in [-0.39, 0.29) is 30.5 Å². The summed E-state index contributed by atoms with van der Waals surface area (Å²) in [5, 5.41) is 13.8. The number of nitrogens with zero attached hydrogens (tertiary/aromatic N) is 4. The molecule has 0 radical (unpaired) electrons. The van der Waals surface area contributed by atoms with Crippen molar-refractivity contribution in [2.75, 3.05) is 13.6 Å². The summed E-state index contributed by atoms with van der Waals surface area (Å²) in [6.07, 6.45) is -1.93. The van der Waals surface area contributed by atoms with Crippen molar-refractivity contribution in [3.05, 3.63) is 11.6 Å². The van der Waals surface area contributed by atoms with E-state index >= 15 is 0 Å². The standard InChI is InChI=1S/C12H19F3N6.HI/c1-16-11(17-6-5-12(13,14)15)18-8-10-20-19-9-4-2-3-7-21(9)10;/h2-8H2,1H3,(H2,16,17,18);1H. The van der Waals surface area contributed by atoms with E-state index in [1.807, 2.05) is 0 Å². The van der Waals surface area contributed by atoms with E-state index < -0.39 is 12.6 Å². The molecule has 0 saturated heterocycles. The second kappa shape index (κ2) is 8.53. The number of rotatable bonds is 4. The molecule has 0 unspecified atom stereocenters. The van der Waals surface area contributed by atoms with Crippen LogP contribution in [0.1, 0.15) is 30.9 Å². The van der Waals surface area contributed by atoms with Gasteiger partial charge in [0, 0.05) is 26.6 Å². The summed E-state index contributed by atoms with van der Waals surface area (Å²) in [5.41, 5.74) is 0. The lowest BCUT2D eigenvalue weighted by Crippen LogP contribution is -2.39. The Hall–Kier alpha value is -1.07. The van der Waals surface area contributed by atoms with E-state index in [4.69, 9.17) is 0 Å². The minimum absolute atomic E-state index is 0. The SMILES string of the molecule is CN=C(NCCC(F)(F)F)NCc1nnc2n1CCCC2.I. The van der Waals surface area contributed by atoms with Crippen LogP contribution in [-0.4, -0.2) is 40.5 Å². The van der Waals surface area contributed by atoms with Crippen LogP contribution in [0.3, 0.4) is 0 Å². The maximum Gasteiger partial charge on any atom is 0.390 e.